The highest BCUT2D eigenvalue weighted by Gasteiger charge is 2.13. The zero-order chi connectivity index (χ0) is 17.6. The van der Waals surface area contributed by atoms with E-state index >= 15 is 0 Å². The molecule has 0 aliphatic rings. The first kappa shape index (κ1) is 17.2. The van der Waals surface area contributed by atoms with E-state index in [2.05, 4.69) is 40.0 Å². The van der Waals surface area contributed by atoms with Crippen LogP contribution < -0.4 is 10.6 Å². The van der Waals surface area contributed by atoms with Gasteiger partial charge in [-0.05, 0) is 36.2 Å². The van der Waals surface area contributed by atoms with Crippen LogP contribution >= 0.6 is 0 Å². The minimum Gasteiger partial charge on any atom is -0.348 e. The summed E-state index contributed by atoms with van der Waals surface area (Å²) in [6, 6.07) is 16.5. The quantitative estimate of drug-likeness (QED) is 0.697. The maximum Gasteiger partial charge on any atom is 0.234 e. The van der Waals surface area contributed by atoms with Crippen molar-refractivity contribution in [2.45, 2.75) is 32.5 Å². The van der Waals surface area contributed by atoms with Gasteiger partial charge in [-0.1, -0.05) is 42.5 Å². The standard InChI is InChI=1S/C20H24N4O/c1-15(14-24-12-6-11-22-24)21-13-20(25)23-16(2)18-10-5-8-17-7-3-4-9-19(17)18/h3-12,15-16,21H,13-14H2,1-2H3,(H,23,25)/t15-,16+/m0/s1. The van der Waals surface area contributed by atoms with Crippen molar-refractivity contribution in [2.75, 3.05) is 6.54 Å². The van der Waals surface area contributed by atoms with E-state index in [9.17, 15) is 4.79 Å². The summed E-state index contributed by atoms with van der Waals surface area (Å²) in [4.78, 5) is 12.3. The van der Waals surface area contributed by atoms with Gasteiger partial charge in [-0.25, -0.2) is 0 Å². The molecule has 130 valence electrons. The molecule has 0 bridgehead atoms. The number of aromatic nitrogens is 2. The summed E-state index contributed by atoms with van der Waals surface area (Å²) in [6.07, 6.45) is 3.67. The Kier molecular flexibility index (Phi) is 5.46. The van der Waals surface area contributed by atoms with E-state index in [1.54, 1.807) is 6.20 Å². The van der Waals surface area contributed by atoms with Gasteiger partial charge in [-0.2, -0.15) is 5.10 Å². The molecule has 2 N–H and O–H groups in total. The zero-order valence-electron chi connectivity index (χ0n) is 14.6. The smallest absolute Gasteiger partial charge is 0.234 e. The highest BCUT2D eigenvalue weighted by atomic mass is 16.1. The van der Waals surface area contributed by atoms with Crippen molar-refractivity contribution in [2.24, 2.45) is 0 Å². The molecule has 1 amide bonds. The summed E-state index contributed by atoms with van der Waals surface area (Å²) >= 11 is 0. The summed E-state index contributed by atoms with van der Waals surface area (Å²) in [5.41, 5.74) is 1.14. The largest absolute Gasteiger partial charge is 0.348 e. The highest BCUT2D eigenvalue weighted by Crippen LogP contribution is 2.23. The lowest BCUT2D eigenvalue weighted by Crippen LogP contribution is -2.40. The van der Waals surface area contributed by atoms with E-state index in [-0.39, 0.29) is 24.5 Å². The van der Waals surface area contributed by atoms with Gasteiger partial charge in [0.1, 0.15) is 0 Å². The van der Waals surface area contributed by atoms with Crippen molar-refractivity contribution in [1.29, 1.82) is 0 Å². The van der Waals surface area contributed by atoms with Crippen molar-refractivity contribution in [3.8, 4) is 0 Å². The van der Waals surface area contributed by atoms with Crippen LogP contribution in [0.2, 0.25) is 0 Å². The first-order valence-corrected chi connectivity index (χ1v) is 8.61. The van der Waals surface area contributed by atoms with Crippen LogP contribution in [0.25, 0.3) is 10.8 Å². The second-order valence-electron chi connectivity index (χ2n) is 6.37. The maximum absolute atomic E-state index is 12.3. The third-order valence-corrected chi connectivity index (χ3v) is 4.30. The summed E-state index contributed by atoms with van der Waals surface area (Å²) < 4.78 is 1.86. The molecule has 2 atom stereocenters. The van der Waals surface area contributed by atoms with Gasteiger partial charge in [-0.3, -0.25) is 9.48 Å². The lowest BCUT2D eigenvalue weighted by Gasteiger charge is -2.18. The molecule has 0 saturated carbocycles. The number of hydrogen-bond donors (Lipinski definition) is 2. The van der Waals surface area contributed by atoms with E-state index in [0.717, 1.165) is 12.1 Å². The van der Waals surface area contributed by atoms with Crippen LogP contribution in [0.4, 0.5) is 0 Å². The average Bonchev–Trinajstić information content (AvgIpc) is 3.12. The molecule has 5 heteroatoms. The minimum atomic E-state index is -0.0400. The first-order valence-electron chi connectivity index (χ1n) is 8.61. The molecule has 1 aromatic heterocycles. The molecule has 25 heavy (non-hydrogen) atoms. The summed E-state index contributed by atoms with van der Waals surface area (Å²) in [7, 11) is 0. The SMILES string of the molecule is C[C@@H](Cn1cccn1)NCC(=O)N[C@H](C)c1cccc2ccccc12. The van der Waals surface area contributed by atoms with Gasteiger partial charge < -0.3 is 10.6 Å². The fourth-order valence-electron chi connectivity index (χ4n) is 3.02. The summed E-state index contributed by atoms with van der Waals surface area (Å²) in [6.45, 7) is 5.09. The third kappa shape index (κ3) is 4.45. The van der Waals surface area contributed by atoms with Gasteiger partial charge in [-0.15, -0.1) is 0 Å². The predicted octanol–water partition coefficient (Wildman–Crippen LogP) is 2.89. The van der Waals surface area contributed by atoms with Gasteiger partial charge in [0, 0.05) is 18.4 Å². The number of hydrogen-bond acceptors (Lipinski definition) is 3. The molecule has 2 aromatic carbocycles. The van der Waals surface area contributed by atoms with Gasteiger partial charge in [0.25, 0.3) is 0 Å². The molecule has 1 heterocycles. The van der Waals surface area contributed by atoms with Crippen LogP contribution in [-0.2, 0) is 11.3 Å². The number of amides is 1. The lowest BCUT2D eigenvalue weighted by molar-refractivity contribution is -0.121. The fraction of sp³-hybridized carbons (Fsp3) is 0.300. The van der Waals surface area contributed by atoms with Crippen LogP contribution in [0.15, 0.2) is 60.9 Å². The van der Waals surface area contributed by atoms with Crippen molar-refractivity contribution < 1.29 is 4.79 Å². The molecule has 5 nitrogen and oxygen atoms in total. The molecule has 0 radical (unpaired) electrons. The van der Waals surface area contributed by atoms with Gasteiger partial charge in [0.05, 0.1) is 19.1 Å². The molecule has 0 spiro atoms. The van der Waals surface area contributed by atoms with Gasteiger partial charge in [0.2, 0.25) is 5.91 Å². The Balaban J connectivity index is 1.55. The molecule has 3 rings (SSSR count). The number of carbonyl (C=O) groups excluding carboxylic acids is 1. The number of rotatable bonds is 7. The molecular weight excluding hydrogens is 312 g/mol. The Morgan fingerprint density at radius 3 is 2.72 bits per heavy atom. The molecule has 3 aromatic rings. The Morgan fingerprint density at radius 2 is 1.92 bits per heavy atom. The first-order chi connectivity index (χ1) is 12.1. The topological polar surface area (TPSA) is 59.0 Å². The molecule has 0 unspecified atom stereocenters. The summed E-state index contributed by atoms with van der Waals surface area (Å²) in [5, 5.41) is 12.9. The Hall–Kier alpha value is -2.66. The Morgan fingerprint density at radius 1 is 1.12 bits per heavy atom. The van der Waals surface area contributed by atoms with Crippen LogP contribution in [0, 0.1) is 0 Å². The molecule has 0 fully saturated rings. The highest BCUT2D eigenvalue weighted by molar-refractivity contribution is 5.87. The third-order valence-electron chi connectivity index (χ3n) is 4.30. The average molecular weight is 336 g/mol. The molecule has 0 aliphatic heterocycles. The van der Waals surface area contributed by atoms with Crippen molar-refractivity contribution >= 4 is 16.7 Å². The predicted molar refractivity (Wildman–Crippen MR) is 100 cm³/mol. The Labute approximate surface area is 148 Å². The molecule has 0 aliphatic carbocycles. The number of fused-ring (bicyclic) bond motifs is 1. The van der Waals surface area contributed by atoms with Crippen molar-refractivity contribution in [1.82, 2.24) is 20.4 Å². The van der Waals surface area contributed by atoms with Gasteiger partial charge >= 0.3 is 0 Å². The zero-order valence-corrected chi connectivity index (χ0v) is 14.6. The van der Waals surface area contributed by atoms with Crippen LogP contribution in [0.1, 0.15) is 25.5 Å². The van der Waals surface area contributed by atoms with Crippen LogP contribution in [0.5, 0.6) is 0 Å². The summed E-state index contributed by atoms with van der Waals surface area (Å²) in [5.74, 6) is -0.00671. The van der Waals surface area contributed by atoms with E-state index < -0.39 is 0 Å². The van der Waals surface area contributed by atoms with E-state index in [4.69, 9.17) is 0 Å². The second kappa shape index (κ2) is 7.94. The number of nitrogens with zero attached hydrogens (tertiary/aromatic N) is 2. The number of benzene rings is 2. The van der Waals surface area contributed by atoms with Crippen LogP contribution in [-0.4, -0.2) is 28.3 Å². The van der Waals surface area contributed by atoms with Crippen molar-refractivity contribution in [3.63, 3.8) is 0 Å². The second-order valence-corrected chi connectivity index (χ2v) is 6.37. The van der Waals surface area contributed by atoms with Crippen LogP contribution in [0.3, 0.4) is 0 Å². The molecular formula is C20H24N4O. The lowest BCUT2D eigenvalue weighted by atomic mass is 10.00. The fourth-order valence-corrected chi connectivity index (χ4v) is 3.02. The van der Waals surface area contributed by atoms with Gasteiger partial charge in [0.15, 0.2) is 0 Å². The van der Waals surface area contributed by atoms with Crippen molar-refractivity contribution in [3.05, 3.63) is 66.5 Å². The van der Waals surface area contributed by atoms with E-state index in [1.807, 2.05) is 49.0 Å². The van der Waals surface area contributed by atoms with E-state index in [1.165, 1.54) is 10.8 Å². The Bertz CT molecular complexity index is 823. The maximum atomic E-state index is 12.3. The number of nitrogens with one attached hydrogen (secondary N) is 2. The normalized spacial score (nSPS) is 13.5. The minimum absolute atomic E-state index is 0.00671. The number of carbonyl (C=O) groups is 1. The monoisotopic (exact) mass is 336 g/mol. The molecule has 0 saturated heterocycles. The van der Waals surface area contributed by atoms with E-state index in [0.29, 0.717) is 0 Å².